The van der Waals surface area contributed by atoms with Gasteiger partial charge in [-0.05, 0) is 51.9 Å². The molecule has 0 rings (SSSR count). The third-order valence-corrected chi connectivity index (χ3v) is 4.07. The minimum Gasteiger partial charge on any atom is -0.329 e. The molecule has 0 aliphatic rings. The monoisotopic (exact) mass is 314 g/mol. The summed E-state index contributed by atoms with van der Waals surface area (Å²) in [4.78, 5) is 7.77. The van der Waals surface area contributed by atoms with Crippen LogP contribution in [0.5, 0.6) is 0 Å². The summed E-state index contributed by atoms with van der Waals surface area (Å²) in [5, 5.41) is 0. The number of hydrogen-bond acceptors (Lipinski definition) is 4. The van der Waals surface area contributed by atoms with Crippen LogP contribution in [0, 0.1) is 0 Å². The van der Waals surface area contributed by atoms with E-state index in [1.807, 2.05) is 0 Å². The summed E-state index contributed by atoms with van der Waals surface area (Å²) >= 11 is 0. The molecule has 0 saturated carbocycles. The second kappa shape index (κ2) is 15.7. The van der Waals surface area contributed by atoms with Crippen molar-refractivity contribution < 1.29 is 0 Å². The average Bonchev–Trinajstić information content (AvgIpc) is 2.50. The van der Waals surface area contributed by atoms with Crippen LogP contribution < -0.4 is 5.73 Å². The first-order valence-electron chi connectivity index (χ1n) is 9.58. The third kappa shape index (κ3) is 11.4. The predicted molar refractivity (Wildman–Crippen MR) is 99.5 cm³/mol. The van der Waals surface area contributed by atoms with Crippen molar-refractivity contribution in [3.63, 3.8) is 0 Å². The summed E-state index contributed by atoms with van der Waals surface area (Å²) in [5.74, 6) is 0. The van der Waals surface area contributed by atoms with E-state index in [9.17, 15) is 0 Å². The van der Waals surface area contributed by atoms with Crippen molar-refractivity contribution in [2.75, 3.05) is 65.4 Å². The molecule has 0 aliphatic heterocycles. The van der Waals surface area contributed by atoms with E-state index in [2.05, 4.69) is 42.4 Å². The molecular formula is C18H42N4. The Kier molecular flexibility index (Phi) is 15.6. The summed E-state index contributed by atoms with van der Waals surface area (Å²) in [6.45, 7) is 20.5. The minimum absolute atomic E-state index is 0.772. The van der Waals surface area contributed by atoms with E-state index in [-0.39, 0.29) is 0 Å². The van der Waals surface area contributed by atoms with Crippen molar-refractivity contribution >= 4 is 0 Å². The first kappa shape index (κ1) is 21.8. The fraction of sp³-hybridized carbons (Fsp3) is 1.00. The molecule has 0 aromatic rings. The van der Waals surface area contributed by atoms with Crippen LogP contribution in [0.2, 0.25) is 0 Å². The van der Waals surface area contributed by atoms with E-state index in [1.165, 1.54) is 71.5 Å². The SMILES string of the molecule is CCCN(CCC)CCN(CCC)CCN(CCC)CCN. The lowest BCUT2D eigenvalue weighted by atomic mass is 10.3. The van der Waals surface area contributed by atoms with Crippen molar-refractivity contribution in [2.24, 2.45) is 5.73 Å². The van der Waals surface area contributed by atoms with Gasteiger partial charge in [-0.3, -0.25) is 0 Å². The maximum absolute atomic E-state index is 5.73. The maximum Gasteiger partial charge on any atom is 0.0110 e. The molecule has 0 saturated heterocycles. The van der Waals surface area contributed by atoms with Crippen molar-refractivity contribution in [3.8, 4) is 0 Å². The molecule has 0 aromatic carbocycles. The van der Waals surface area contributed by atoms with Gasteiger partial charge in [-0.2, -0.15) is 0 Å². The standard InChI is InChI=1S/C18H42N4/c1-5-10-20(11-6-2)15-17-22(13-8-4)18-16-21(12-7-3)14-9-19/h5-19H2,1-4H3. The molecule has 22 heavy (non-hydrogen) atoms. The number of rotatable bonds is 16. The molecule has 134 valence electrons. The lowest BCUT2D eigenvalue weighted by molar-refractivity contribution is 0.176. The van der Waals surface area contributed by atoms with Gasteiger partial charge in [0.2, 0.25) is 0 Å². The van der Waals surface area contributed by atoms with Gasteiger partial charge < -0.3 is 20.4 Å². The topological polar surface area (TPSA) is 35.7 Å². The molecule has 0 heterocycles. The molecule has 0 fully saturated rings. The third-order valence-electron chi connectivity index (χ3n) is 4.07. The lowest BCUT2D eigenvalue weighted by Crippen LogP contribution is -2.41. The van der Waals surface area contributed by atoms with Gasteiger partial charge in [0.1, 0.15) is 0 Å². The van der Waals surface area contributed by atoms with Gasteiger partial charge in [0.15, 0.2) is 0 Å². The first-order valence-corrected chi connectivity index (χ1v) is 9.58. The average molecular weight is 315 g/mol. The number of hydrogen-bond donors (Lipinski definition) is 1. The quantitative estimate of drug-likeness (QED) is 0.475. The van der Waals surface area contributed by atoms with E-state index < -0.39 is 0 Å². The van der Waals surface area contributed by atoms with Crippen LogP contribution in [-0.4, -0.2) is 80.1 Å². The Morgan fingerprint density at radius 3 is 1.00 bits per heavy atom. The second-order valence-corrected chi connectivity index (χ2v) is 6.31. The van der Waals surface area contributed by atoms with Crippen LogP contribution in [0.25, 0.3) is 0 Å². The highest BCUT2D eigenvalue weighted by Crippen LogP contribution is 1.99. The molecule has 0 unspecified atom stereocenters. The Labute approximate surface area is 140 Å². The second-order valence-electron chi connectivity index (χ2n) is 6.31. The Morgan fingerprint density at radius 2 is 0.727 bits per heavy atom. The van der Waals surface area contributed by atoms with Crippen LogP contribution in [0.3, 0.4) is 0 Å². The summed E-state index contributed by atoms with van der Waals surface area (Å²) < 4.78 is 0. The Hall–Kier alpha value is -0.160. The fourth-order valence-electron chi connectivity index (χ4n) is 3.02. The molecule has 0 bridgehead atoms. The van der Waals surface area contributed by atoms with Gasteiger partial charge in [-0.15, -0.1) is 0 Å². The fourth-order valence-corrected chi connectivity index (χ4v) is 3.02. The molecule has 0 aliphatic carbocycles. The van der Waals surface area contributed by atoms with Crippen molar-refractivity contribution in [1.82, 2.24) is 14.7 Å². The van der Waals surface area contributed by atoms with E-state index >= 15 is 0 Å². The molecule has 4 heteroatoms. The van der Waals surface area contributed by atoms with Crippen molar-refractivity contribution in [1.29, 1.82) is 0 Å². The number of nitrogens with zero attached hydrogens (tertiary/aromatic N) is 3. The normalized spacial score (nSPS) is 12.0. The highest BCUT2D eigenvalue weighted by molar-refractivity contribution is 4.66. The van der Waals surface area contributed by atoms with E-state index in [4.69, 9.17) is 5.73 Å². The zero-order chi connectivity index (χ0) is 16.6. The summed E-state index contributed by atoms with van der Waals surface area (Å²) in [6, 6.07) is 0. The smallest absolute Gasteiger partial charge is 0.0110 e. The van der Waals surface area contributed by atoms with Crippen molar-refractivity contribution in [3.05, 3.63) is 0 Å². The van der Waals surface area contributed by atoms with E-state index in [0.717, 1.165) is 19.6 Å². The molecule has 0 radical (unpaired) electrons. The molecule has 2 N–H and O–H groups in total. The summed E-state index contributed by atoms with van der Waals surface area (Å²) in [6.07, 6.45) is 4.98. The number of nitrogens with two attached hydrogens (primary N) is 1. The molecule has 0 aromatic heterocycles. The predicted octanol–water partition coefficient (Wildman–Crippen LogP) is 2.49. The molecule has 4 nitrogen and oxygen atoms in total. The maximum atomic E-state index is 5.73. The van der Waals surface area contributed by atoms with E-state index in [0.29, 0.717) is 0 Å². The Morgan fingerprint density at radius 1 is 0.455 bits per heavy atom. The van der Waals surface area contributed by atoms with Gasteiger partial charge in [0.05, 0.1) is 0 Å². The van der Waals surface area contributed by atoms with E-state index in [1.54, 1.807) is 0 Å². The van der Waals surface area contributed by atoms with Gasteiger partial charge >= 0.3 is 0 Å². The minimum atomic E-state index is 0.772. The zero-order valence-electron chi connectivity index (χ0n) is 15.8. The molecule has 0 spiro atoms. The summed E-state index contributed by atoms with van der Waals surface area (Å²) in [5.41, 5.74) is 5.73. The lowest BCUT2D eigenvalue weighted by Gasteiger charge is -2.29. The molecule has 0 amide bonds. The van der Waals surface area contributed by atoms with Gasteiger partial charge in [-0.1, -0.05) is 27.7 Å². The molecule has 0 atom stereocenters. The van der Waals surface area contributed by atoms with Gasteiger partial charge in [0.25, 0.3) is 0 Å². The summed E-state index contributed by atoms with van der Waals surface area (Å²) in [7, 11) is 0. The Balaban J connectivity index is 4.21. The van der Waals surface area contributed by atoms with Crippen LogP contribution in [0.15, 0.2) is 0 Å². The molecular weight excluding hydrogens is 272 g/mol. The van der Waals surface area contributed by atoms with Crippen LogP contribution >= 0.6 is 0 Å². The van der Waals surface area contributed by atoms with Gasteiger partial charge in [0, 0.05) is 39.3 Å². The van der Waals surface area contributed by atoms with Gasteiger partial charge in [-0.25, -0.2) is 0 Å². The largest absolute Gasteiger partial charge is 0.329 e. The highest BCUT2D eigenvalue weighted by atomic mass is 15.2. The zero-order valence-corrected chi connectivity index (χ0v) is 15.8. The first-order chi connectivity index (χ1) is 10.7. The highest BCUT2D eigenvalue weighted by Gasteiger charge is 2.10. The van der Waals surface area contributed by atoms with Crippen LogP contribution in [-0.2, 0) is 0 Å². The van der Waals surface area contributed by atoms with Crippen LogP contribution in [0.4, 0.5) is 0 Å². The van der Waals surface area contributed by atoms with Crippen LogP contribution in [0.1, 0.15) is 53.4 Å². The van der Waals surface area contributed by atoms with Crippen molar-refractivity contribution in [2.45, 2.75) is 53.4 Å². The Bertz CT molecular complexity index is 191.